The van der Waals surface area contributed by atoms with E-state index in [2.05, 4.69) is 107 Å². The number of allylic oxidation sites excluding steroid dienone is 4. The average molecular weight is 1110 g/mol. The zero-order chi connectivity index (χ0) is 59.4. The molecule has 0 radical (unpaired) electrons. The van der Waals surface area contributed by atoms with Crippen LogP contribution in [0.3, 0.4) is 0 Å². The maximum atomic E-state index is 13.8. The number of fused-ring (bicyclic) bond motifs is 10. The summed E-state index contributed by atoms with van der Waals surface area (Å²) < 4.78 is 24.8. The molecule has 2 N–H and O–H groups in total. The predicted molar refractivity (Wildman–Crippen MR) is 314 cm³/mol. The van der Waals surface area contributed by atoms with E-state index < -0.39 is 25.2 Å². The van der Waals surface area contributed by atoms with Crippen molar-refractivity contribution in [3.05, 3.63) is 209 Å². The number of carbonyl (C=O) groups is 6. The molecule has 0 fully saturated rings. The molecule has 424 valence electrons. The van der Waals surface area contributed by atoms with Gasteiger partial charge in [0.1, 0.15) is 36.2 Å². The SMILES string of the molecule is CC(C)(C)c1cc2c(O)c(c1)Cc1cc(C(C)(C)C)cc(c1OCC(=O)OCc1ccc3c(c1)C(=O)C=CC3=O)Cc1cc(C(C)(C)C)cc(c1O)Cc1cc(C(C)(C)C)cc(c1OCC(=O)OCc1ccc3c(c1)C(=O)C=CC3=O)C2. The highest BCUT2D eigenvalue weighted by Crippen LogP contribution is 2.44. The molecule has 0 aliphatic heterocycles. The lowest BCUT2D eigenvalue weighted by Crippen LogP contribution is -2.19. The summed E-state index contributed by atoms with van der Waals surface area (Å²) in [7, 11) is 0. The van der Waals surface area contributed by atoms with Gasteiger partial charge in [0.25, 0.3) is 0 Å². The minimum atomic E-state index is -0.676. The molecule has 0 atom stereocenters. The smallest absolute Gasteiger partial charge is 0.344 e. The highest BCUT2D eigenvalue weighted by molar-refractivity contribution is 6.22. The summed E-state index contributed by atoms with van der Waals surface area (Å²) in [4.78, 5) is 77.8. The van der Waals surface area contributed by atoms with Crippen LogP contribution in [-0.4, -0.2) is 58.5 Å². The Labute approximate surface area is 480 Å². The van der Waals surface area contributed by atoms with Crippen molar-refractivity contribution in [3.8, 4) is 23.0 Å². The number of hydrogen-bond donors (Lipinski definition) is 2. The quantitative estimate of drug-likeness (QED) is 0.124. The summed E-state index contributed by atoms with van der Waals surface area (Å²) in [6.07, 6.45) is 5.65. The van der Waals surface area contributed by atoms with E-state index >= 15 is 0 Å². The van der Waals surface area contributed by atoms with E-state index in [0.717, 1.165) is 22.3 Å². The largest absolute Gasteiger partial charge is 0.507 e. The molecule has 9 rings (SSSR count). The Balaban J connectivity index is 1.15. The highest BCUT2D eigenvalue weighted by atomic mass is 16.6. The van der Waals surface area contributed by atoms with Gasteiger partial charge in [0, 0.05) is 47.9 Å². The number of benzene rings is 6. The van der Waals surface area contributed by atoms with Gasteiger partial charge in [-0.3, -0.25) is 19.2 Å². The van der Waals surface area contributed by atoms with Gasteiger partial charge < -0.3 is 29.2 Å². The van der Waals surface area contributed by atoms with Gasteiger partial charge in [-0.1, -0.05) is 144 Å². The first-order chi connectivity index (χ1) is 38.4. The molecule has 12 nitrogen and oxygen atoms in total. The number of ether oxygens (including phenoxy) is 4. The molecule has 3 aliphatic rings. The predicted octanol–water partition coefficient (Wildman–Crippen LogP) is 13.1. The molecule has 0 unspecified atom stereocenters. The second-order valence-electron chi connectivity index (χ2n) is 26.0. The molecule has 82 heavy (non-hydrogen) atoms. The normalized spacial score (nSPS) is 14.3. The van der Waals surface area contributed by atoms with Crippen molar-refractivity contribution in [2.75, 3.05) is 13.2 Å². The fourth-order valence-corrected chi connectivity index (χ4v) is 10.6. The molecule has 0 saturated carbocycles. The Bertz CT molecular complexity index is 3370. The fraction of sp³-hybridized carbons (Fsp3) is 0.343. The van der Waals surface area contributed by atoms with Gasteiger partial charge in [-0.05, 0) is 148 Å². The van der Waals surface area contributed by atoms with E-state index in [-0.39, 0.29) is 117 Å². The lowest BCUT2D eigenvalue weighted by atomic mass is 9.79. The standard InChI is InChI=1S/C70H72O12/c1-67(2,3)49-27-41-23-45-31-51(69(7,8)9)33-47(65(45)81-37-61(75)79-35-39-13-15-53-55(21-39)59(73)19-17-57(53)71)25-43-29-50(68(4,5)6)30-44(64(43)78)26-48-34-52(70(10,11)12)32-46(24-42(28-49)63(41)77)66(48)82-38-62(76)80-36-40-14-16-54-56(22-40)60(74)20-18-58(54)72/h13-22,27-34,77-78H,23-26,35-38H2,1-12H3. The Kier molecular flexibility index (Phi) is 15.8. The van der Waals surface area contributed by atoms with Crippen LogP contribution in [0.4, 0.5) is 0 Å². The van der Waals surface area contributed by atoms with Gasteiger partial charge in [0.15, 0.2) is 36.3 Å². The van der Waals surface area contributed by atoms with Gasteiger partial charge in [0.2, 0.25) is 0 Å². The Hall–Kier alpha value is -8.38. The number of esters is 2. The van der Waals surface area contributed by atoms with Gasteiger partial charge in [-0.2, -0.15) is 0 Å². The van der Waals surface area contributed by atoms with Crippen LogP contribution in [0.2, 0.25) is 0 Å². The number of rotatable bonds is 10. The van der Waals surface area contributed by atoms with Crippen molar-refractivity contribution < 1.29 is 57.9 Å². The zero-order valence-electron chi connectivity index (χ0n) is 49.0. The number of phenols is 2. The molecule has 0 amide bonds. The first kappa shape index (κ1) is 58.3. The van der Waals surface area contributed by atoms with Crippen LogP contribution in [0, 0.1) is 0 Å². The second kappa shape index (κ2) is 22.2. The Morgan fingerprint density at radius 2 is 0.634 bits per heavy atom. The second-order valence-corrected chi connectivity index (χ2v) is 26.0. The number of aromatic hydroxyl groups is 2. The van der Waals surface area contributed by atoms with Crippen molar-refractivity contribution in [2.24, 2.45) is 0 Å². The number of phenolic OH excluding ortho intramolecular Hbond substituents is 2. The van der Waals surface area contributed by atoms with Crippen LogP contribution >= 0.6 is 0 Å². The summed E-state index contributed by atoms with van der Waals surface area (Å²) in [5.74, 6) is -1.60. The zero-order valence-corrected chi connectivity index (χ0v) is 49.0. The van der Waals surface area contributed by atoms with E-state index in [0.29, 0.717) is 67.1 Å². The molecule has 0 saturated heterocycles. The van der Waals surface area contributed by atoms with Gasteiger partial charge in [-0.15, -0.1) is 0 Å². The Morgan fingerprint density at radius 3 is 0.902 bits per heavy atom. The van der Waals surface area contributed by atoms with Crippen molar-refractivity contribution >= 4 is 35.1 Å². The lowest BCUT2D eigenvalue weighted by molar-refractivity contribution is -0.148. The topological polar surface area (TPSA) is 180 Å². The summed E-state index contributed by atoms with van der Waals surface area (Å²) >= 11 is 0. The maximum absolute atomic E-state index is 13.8. The van der Waals surface area contributed by atoms with Gasteiger partial charge >= 0.3 is 11.9 Å². The van der Waals surface area contributed by atoms with Crippen LogP contribution in [-0.2, 0) is 79.6 Å². The van der Waals surface area contributed by atoms with Gasteiger partial charge in [0.05, 0.1) is 0 Å². The van der Waals surface area contributed by atoms with Crippen LogP contribution in [0.15, 0.2) is 109 Å². The monoisotopic (exact) mass is 1100 g/mol. The minimum absolute atomic E-state index is 0.0559. The van der Waals surface area contributed by atoms with Crippen LogP contribution in [0.5, 0.6) is 23.0 Å². The van der Waals surface area contributed by atoms with Crippen molar-refractivity contribution in [1.82, 2.24) is 0 Å². The molecule has 0 heterocycles. The van der Waals surface area contributed by atoms with Crippen molar-refractivity contribution in [2.45, 2.75) is 144 Å². The van der Waals surface area contributed by atoms with E-state index in [1.165, 1.54) is 24.3 Å². The minimum Gasteiger partial charge on any atom is -0.507 e. The van der Waals surface area contributed by atoms with E-state index in [4.69, 9.17) is 18.9 Å². The van der Waals surface area contributed by atoms with Crippen LogP contribution in [0.25, 0.3) is 0 Å². The molecular formula is C70H72O12. The molecule has 0 spiro atoms. The molecular weight excluding hydrogens is 1030 g/mol. The first-order valence-corrected chi connectivity index (χ1v) is 27.8. The Morgan fingerprint density at radius 1 is 0.378 bits per heavy atom. The molecule has 8 bridgehead atoms. The van der Waals surface area contributed by atoms with E-state index in [1.807, 2.05) is 24.3 Å². The third kappa shape index (κ3) is 12.7. The number of carbonyl (C=O) groups excluding carboxylic acids is 6. The highest BCUT2D eigenvalue weighted by Gasteiger charge is 2.30. The summed E-state index contributed by atoms with van der Waals surface area (Å²) in [5.41, 5.74) is 9.65. The van der Waals surface area contributed by atoms with E-state index in [1.54, 1.807) is 36.4 Å². The van der Waals surface area contributed by atoms with Crippen molar-refractivity contribution in [3.63, 3.8) is 0 Å². The molecule has 6 aromatic rings. The summed E-state index contributed by atoms with van der Waals surface area (Å²) in [6, 6.07) is 25.8. The third-order valence-corrected chi connectivity index (χ3v) is 15.5. The lowest BCUT2D eigenvalue weighted by Gasteiger charge is -2.28. The third-order valence-electron chi connectivity index (χ3n) is 15.5. The molecule has 6 aromatic carbocycles. The number of ketones is 4. The first-order valence-electron chi connectivity index (χ1n) is 27.8. The molecule has 3 aliphatic carbocycles. The summed E-state index contributed by atoms with van der Waals surface area (Å²) in [6.45, 7) is 24.0. The molecule has 12 heteroatoms. The van der Waals surface area contributed by atoms with Crippen LogP contribution < -0.4 is 9.47 Å². The fourth-order valence-electron chi connectivity index (χ4n) is 10.6. The van der Waals surface area contributed by atoms with Crippen LogP contribution in [0.1, 0.15) is 202 Å². The van der Waals surface area contributed by atoms with Gasteiger partial charge in [-0.25, -0.2) is 9.59 Å². The summed E-state index contributed by atoms with van der Waals surface area (Å²) in [5, 5.41) is 25.5. The van der Waals surface area contributed by atoms with E-state index in [9.17, 15) is 39.0 Å². The average Bonchev–Trinajstić information content (AvgIpc) is 3.34. The maximum Gasteiger partial charge on any atom is 0.344 e. The van der Waals surface area contributed by atoms with Crippen molar-refractivity contribution in [1.29, 1.82) is 0 Å². The number of hydrogen-bond acceptors (Lipinski definition) is 12. The molecule has 0 aromatic heterocycles.